The summed E-state index contributed by atoms with van der Waals surface area (Å²) in [7, 11) is 0. The predicted molar refractivity (Wildman–Crippen MR) is 145 cm³/mol. The van der Waals surface area contributed by atoms with Gasteiger partial charge in [-0.05, 0) is 53.6 Å². The Bertz CT molecular complexity index is 1680. The Balaban J connectivity index is 1.47. The van der Waals surface area contributed by atoms with Crippen LogP contribution in [0.4, 0.5) is 5.13 Å². The van der Waals surface area contributed by atoms with Crippen LogP contribution in [0.15, 0.2) is 81.3 Å². The fourth-order valence-electron chi connectivity index (χ4n) is 4.32. The number of amides is 1. The van der Waals surface area contributed by atoms with E-state index >= 15 is 0 Å². The van der Waals surface area contributed by atoms with Gasteiger partial charge in [-0.25, -0.2) is 10.0 Å². The van der Waals surface area contributed by atoms with Crippen molar-refractivity contribution in [3.63, 3.8) is 0 Å². The summed E-state index contributed by atoms with van der Waals surface area (Å²) < 4.78 is 0.981. The summed E-state index contributed by atoms with van der Waals surface area (Å²) in [5.74, 6) is -0.684. The summed E-state index contributed by atoms with van der Waals surface area (Å²) in [5.41, 5.74) is 3.16. The molecule has 0 saturated carbocycles. The van der Waals surface area contributed by atoms with Gasteiger partial charge in [0.25, 0.3) is 5.91 Å². The van der Waals surface area contributed by atoms with E-state index in [-0.39, 0.29) is 17.5 Å². The Morgan fingerprint density at radius 1 is 1.00 bits per heavy atom. The Morgan fingerprint density at radius 3 is 2.47 bits per heavy atom. The zero-order chi connectivity index (χ0) is 25.0. The molecule has 6 nitrogen and oxygen atoms in total. The number of aromatic hydroxyl groups is 1. The number of hydrogen-bond donors (Lipinski definition) is 1. The number of nitrogens with zero attached hydrogens (tertiary/aromatic N) is 4. The topological polar surface area (TPSA) is 78.2 Å². The van der Waals surface area contributed by atoms with Crippen LogP contribution >= 0.6 is 50.5 Å². The first-order valence-electron chi connectivity index (χ1n) is 10.9. The molecular formula is C26H15BrCl2N4O2S. The predicted octanol–water partition coefficient (Wildman–Crippen LogP) is 5.63. The molecule has 4 aromatic rings. The zero-order valence-corrected chi connectivity index (χ0v) is 22.2. The van der Waals surface area contributed by atoms with Crippen LogP contribution in [-0.2, 0) is 4.79 Å². The molecule has 10 heteroatoms. The molecule has 3 heterocycles. The molecule has 36 heavy (non-hydrogen) atoms. The molecule has 0 saturated heterocycles. The fourth-order valence-corrected chi connectivity index (χ4v) is 5.89. The third-order valence-electron chi connectivity index (χ3n) is 6.03. The van der Waals surface area contributed by atoms with Gasteiger partial charge < -0.3 is 5.11 Å². The van der Waals surface area contributed by atoms with Crippen LogP contribution in [-0.4, -0.2) is 21.7 Å². The van der Waals surface area contributed by atoms with Crippen molar-refractivity contribution in [1.82, 2.24) is 4.98 Å². The first kappa shape index (κ1) is 23.4. The average Bonchev–Trinajstić information content (AvgIpc) is 3.54. The van der Waals surface area contributed by atoms with Crippen molar-refractivity contribution in [2.24, 2.45) is 10.1 Å². The molecule has 1 amide bonds. The number of thiazole rings is 1. The molecule has 178 valence electrons. The van der Waals surface area contributed by atoms with Crippen LogP contribution in [0.25, 0.3) is 5.57 Å². The van der Waals surface area contributed by atoms with Gasteiger partial charge in [0, 0.05) is 26.2 Å². The van der Waals surface area contributed by atoms with Gasteiger partial charge in [-0.15, -0.1) is 0 Å². The van der Waals surface area contributed by atoms with Gasteiger partial charge >= 0.3 is 0 Å². The third-order valence-corrected chi connectivity index (χ3v) is 8.09. The zero-order valence-electron chi connectivity index (χ0n) is 18.3. The lowest BCUT2D eigenvalue weighted by Gasteiger charge is -2.21. The molecule has 1 atom stereocenters. The van der Waals surface area contributed by atoms with Gasteiger partial charge in [-0.2, -0.15) is 10.1 Å². The molecule has 6 rings (SSSR count). The standard InChI is InChI=1S/C26H15BrCl2N4O2S/c27-15-5-1-13(2-6-15)20-12-21(14-3-7-16(28)8-4-14)33(32-20)26-31-25(35)23(36-26)22-18-11-17(29)9-10-19(18)30-24(22)34/h1-11,21,35H,12H2. The molecule has 1 N–H and O–H groups in total. The van der Waals surface area contributed by atoms with E-state index in [9.17, 15) is 9.90 Å². The van der Waals surface area contributed by atoms with E-state index < -0.39 is 5.91 Å². The minimum atomic E-state index is -0.438. The largest absolute Gasteiger partial charge is 0.492 e. The molecule has 1 aromatic heterocycles. The number of anilines is 1. The van der Waals surface area contributed by atoms with E-state index in [2.05, 4.69) is 25.9 Å². The lowest BCUT2D eigenvalue weighted by Crippen LogP contribution is -2.22. The van der Waals surface area contributed by atoms with E-state index in [0.29, 0.717) is 37.1 Å². The van der Waals surface area contributed by atoms with Crippen LogP contribution in [0.5, 0.6) is 5.88 Å². The number of aromatic nitrogens is 1. The third kappa shape index (κ3) is 4.14. The lowest BCUT2D eigenvalue weighted by molar-refractivity contribution is -0.112. The highest BCUT2D eigenvalue weighted by molar-refractivity contribution is 9.10. The van der Waals surface area contributed by atoms with Gasteiger partial charge in [0.2, 0.25) is 11.0 Å². The highest BCUT2D eigenvalue weighted by Gasteiger charge is 2.34. The molecule has 2 aliphatic heterocycles. The van der Waals surface area contributed by atoms with Crippen molar-refractivity contribution in [2.45, 2.75) is 12.5 Å². The number of rotatable bonds is 4. The second-order valence-corrected chi connectivity index (χ2v) is 11.0. The van der Waals surface area contributed by atoms with E-state index in [0.717, 1.165) is 21.3 Å². The van der Waals surface area contributed by atoms with Gasteiger partial charge in [0.05, 0.1) is 22.7 Å². The number of carbonyl (C=O) groups excluding carboxylic acids is 1. The minimum Gasteiger partial charge on any atom is -0.492 e. The van der Waals surface area contributed by atoms with Crippen LogP contribution in [0, 0.1) is 0 Å². The normalized spacial score (nSPS) is 16.8. The molecule has 0 aliphatic carbocycles. The average molecular weight is 598 g/mol. The van der Waals surface area contributed by atoms with E-state index in [1.165, 1.54) is 11.3 Å². The Hall–Kier alpha value is -3.04. The lowest BCUT2D eigenvalue weighted by atomic mass is 9.99. The number of hydrogen-bond acceptors (Lipinski definition) is 6. The van der Waals surface area contributed by atoms with Crippen LogP contribution < -0.4 is 15.6 Å². The second-order valence-electron chi connectivity index (χ2n) is 8.27. The van der Waals surface area contributed by atoms with Gasteiger partial charge in [-0.1, -0.05) is 74.7 Å². The highest BCUT2D eigenvalue weighted by atomic mass is 79.9. The van der Waals surface area contributed by atoms with Crippen molar-refractivity contribution in [3.05, 3.63) is 108 Å². The Morgan fingerprint density at radius 2 is 1.72 bits per heavy atom. The number of benzene rings is 3. The first-order valence-corrected chi connectivity index (χ1v) is 13.2. The molecule has 2 aliphatic rings. The smallest absolute Gasteiger partial charge is 0.279 e. The summed E-state index contributed by atoms with van der Waals surface area (Å²) in [6.07, 6.45) is 0.627. The maximum Gasteiger partial charge on any atom is 0.279 e. The molecule has 0 radical (unpaired) electrons. The van der Waals surface area contributed by atoms with Crippen molar-refractivity contribution < 1.29 is 9.90 Å². The highest BCUT2D eigenvalue weighted by Crippen LogP contribution is 2.43. The van der Waals surface area contributed by atoms with Gasteiger partial charge in [-0.3, -0.25) is 4.79 Å². The maximum atomic E-state index is 12.8. The quantitative estimate of drug-likeness (QED) is 0.331. The van der Waals surface area contributed by atoms with Crippen LogP contribution in [0.2, 0.25) is 10.0 Å². The SMILES string of the molecule is O=C1N=c2ccc(Cl)cc2=C1c1sc(N2N=C(c3ccc(Br)cc3)CC2c2ccc(Cl)cc2)nc1O. The number of hydrazone groups is 1. The molecule has 0 fully saturated rings. The van der Waals surface area contributed by atoms with E-state index in [1.807, 2.05) is 48.5 Å². The van der Waals surface area contributed by atoms with Crippen LogP contribution in [0.3, 0.4) is 0 Å². The monoisotopic (exact) mass is 596 g/mol. The van der Waals surface area contributed by atoms with E-state index in [4.69, 9.17) is 28.3 Å². The van der Waals surface area contributed by atoms with Crippen molar-refractivity contribution in [2.75, 3.05) is 5.01 Å². The molecule has 0 bridgehead atoms. The Kier molecular flexibility index (Phi) is 5.92. The first-order chi connectivity index (χ1) is 17.4. The fraction of sp³-hybridized carbons (Fsp3) is 0.0769. The summed E-state index contributed by atoms with van der Waals surface area (Å²) in [5, 5.41) is 20.2. The minimum absolute atomic E-state index is 0.171. The Labute approximate surface area is 228 Å². The maximum absolute atomic E-state index is 12.8. The van der Waals surface area contributed by atoms with Gasteiger partial charge in [0.1, 0.15) is 4.88 Å². The molecule has 1 unspecified atom stereocenters. The molecule has 3 aromatic carbocycles. The number of carbonyl (C=O) groups is 1. The second kappa shape index (κ2) is 9.12. The summed E-state index contributed by atoms with van der Waals surface area (Å²) in [6.45, 7) is 0. The number of halogens is 3. The van der Waals surface area contributed by atoms with Crippen molar-refractivity contribution in [1.29, 1.82) is 0 Å². The summed E-state index contributed by atoms with van der Waals surface area (Å²) in [6, 6.07) is 20.4. The van der Waals surface area contributed by atoms with Crippen molar-refractivity contribution >= 4 is 72.8 Å². The van der Waals surface area contributed by atoms with E-state index in [1.54, 1.807) is 23.2 Å². The molecular weight excluding hydrogens is 583 g/mol. The van der Waals surface area contributed by atoms with Crippen molar-refractivity contribution in [3.8, 4) is 5.88 Å². The van der Waals surface area contributed by atoms with Crippen LogP contribution in [0.1, 0.15) is 28.5 Å². The summed E-state index contributed by atoms with van der Waals surface area (Å²) in [4.78, 5) is 21.6. The van der Waals surface area contributed by atoms with Gasteiger partial charge in [0.15, 0.2) is 0 Å². The summed E-state index contributed by atoms with van der Waals surface area (Å²) >= 11 is 17.0. The molecule has 0 spiro atoms. The number of fused-ring (bicyclic) bond motifs is 1.